The maximum atomic E-state index is 11.9. The van der Waals surface area contributed by atoms with E-state index in [9.17, 15) is 14.9 Å². The molecular weight excluding hydrogens is 270 g/mol. The number of ether oxygens (including phenoxy) is 1. The number of nitro groups is 1. The third-order valence-corrected chi connectivity index (χ3v) is 2.86. The lowest BCUT2D eigenvalue weighted by molar-refractivity contribution is -0.384. The average Bonchev–Trinajstić information content (AvgIpc) is 2.53. The predicted octanol–water partition coefficient (Wildman–Crippen LogP) is 3.35. The van der Waals surface area contributed by atoms with Crippen LogP contribution in [0.5, 0.6) is 0 Å². The van der Waals surface area contributed by atoms with Gasteiger partial charge in [0.1, 0.15) is 6.61 Å². The normalized spacial score (nSPS) is 9.90. The molecule has 0 aliphatic heterocycles. The van der Waals surface area contributed by atoms with Crippen molar-refractivity contribution in [2.45, 2.75) is 6.61 Å². The Labute approximate surface area is 121 Å². The second-order valence-corrected chi connectivity index (χ2v) is 4.35. The summed E-state index contributed by atoms with van der Waals surface area (Å²) >= 11 is 0. The van der Waals surface area contributed by atoms with Crippen LogP contribution in [0.3, 0.4) is 0 Å². The van der Waals surface area contributed by atoms with Gasteiger partial charge in [-0.25, -0.2) is 4.79 Å². The Morgan fingerprint density at radius 3 is 2.52 bits per heavy atom. The summed E-state index contributed by atoms with van der Waals surface area (Å²) in [4.78, 5) is 22.1. The van der Waals surface area contributed by atoms with Crippen molar-refractivity contribution >= 4 is 17.2 Å². The van der Waals surface area contributed by atoms with E-state index in [4.69, 9.17) is 4.74 Å². The summed E-state index contributed by atoms with van der Waals surface area (Å²) in [5, 5.41) is 10.7. The highest BCUT2D eigenvalue weighted by atomic mass is 16.6. The van der Waals surface area contributed by atoms with Gasteiger partial charge in [-0.05, 0) is 11.1 Å². The van der Waals surface area contributed by atoms with Gasteiger partial charge < -0.3 is 4.74 Å². The first kappa shape index (κ1) is 14.5. The van der Waals surface area contributed by atoms with Crippen LogP contribution in [0.4, 0.5) is 5.69 Å². The van der Waals surface area contributed by atoms with E-state index in [1.165, 1.54) is 18.2 Å². The molecule has 5 nitrogen and oxygen atoms in total. The predicted molar refractivity (Wildman–Crippen MR) is 78.4 cm³/mol. The Bertz CT molecular complexity index is 680. The molecule has 106 valence electrons. The van der Waals surface area contributed by atoms with Crippen LogP contribution >= 0.6 is 0 Å². The number of benzene rings is 2. The number of hydrogen-bond acceptors (Lipinski definition) is 4. The zero-order valence-electron chi connectivity index (χ0n) is 11.2. The molecule has 0 radical (unpaired) electrons. The summed E-state index contributed by atoms with van der Waals surface area (Å²) < 4.78 is 5.14. The van der Waals surface area contributed by atoms with E-state index in [2.05, 4.69) is 6.58 Å². The van der Waals surface area contributed by atoms with Crippen LogP contribution in [0.15, 0.2) is 61.2 Å². The van der Waals surface area contributed by atoms with Gasteiger partial charge >= 0.3 is 5.97 Å². The van der Waals surface area contributed by atoms with Gasteiger partial charge in [0.25, 0.3) is 5.69 Å². The maximum Gasteiger partial charge on any atom is 0.338 e. The molecule has 2 aromatic carbocycles. The summed E-state index contributed by atoms with van der Waals surface area (Å²) in [7, 11) is 0. The highest BCUT2D eigenvalue weighted by Crippen LogP contribution is 2.20. The van der Waals surface area contributed by atoms with Gasteiger partial charge in [-0.2, -0.15) is 0 Å². The van der Waals surface area contributed by atoms with Gasteiger partial charge in [-0.3, -0.25) is 10.1 Å². The van der Waals surface area contributed by atoms with E-state index in [1.54, 1.807) is 6.07 Å². The van der Waals surface area contributed by atoms with Gasteiger partial charge in [0.15, 0.2) is 0 Å². The maximum absolute atomic E-state index is 11.9. The fraction of sp³-hybridized carbons (Fsp3) is 0.0625. The first-order valence-electron chi connectivity index (χ1n) is 6.22. The molecule has 0 amide bonds. The number of esters is 1. The molecule has 0 aromatic heterocycles. The Morgan fingerprint density at radius 2 is 1.86 bits per heavy atom. The van der Waals surface area contributed by atoms with Crippen molar-refractivity contribution in [3.8, 4) is 0 Å². The summed E-state index contributed by atoms with van der Waals surface area (Å²) in [6.07, 6.45) is 0. The minimum absolute atomic E-state index is 0.0923. The van der Waals surface area contributed by atoms with Crippen molar-refractivity contribution in [2.75, 3.05) is 0 Å². The minimum Gasteiger partial charge on any atom is -0.457 e. The second-order valence-electron chi connectivity index (χ2n) is 4.35. The van der Waals surface area contributed by atoms with Gasteiger partial charge in [-0.1, -0.05) is 49.0 Å². The lowest BCUT2D eigenvalue weighted by atomic mass is 10.1. The molecule has 2 aromatic rings. The molecule has 2 rings (SSSR count). The fourth-order valence-corrected chi connectivity index (χ4v) is 1.74. The van der Waals surface area contributed by atoms with Crippen molar-refractivity contribution in [3.63, 3.8) is 0 Å². The van der Waals surface area contributed by atoms with E-state index in [1.807, 2.05) is 30.3 Å². The van der Waals surface area contributed by atoms with Crippen molar-refractivity contribution in [1.82, 2.24) is 0 Å². The quantitative estimate of drug-likeness (QED) is 0.365. The van der Waals surface area contributed by atoms with Crippen LogP contribution in [-0.4, -0.2) is 10.9 Å². The number of hydrogen-bond donors (Lipinski definition) is 0. The third-order valence-electron chi connectivity index (χ3n) is 2.86. The first-order valence-corrected chi connectivity index (χ1v) is 6.22. The van der Waals surface area contributed by atoms with Gasteiger partial charge in [0.2, 0.25) is 0 Å². The molecule has 21 heavy (non-hydrogen) atoms. The van der Waals surface area contributed by atoms with E-state index in [0.717, 1.165) is 5.56 Å². The number of rotatable bonds is 5. The molecule has 0 unspecified atom stereocenters. The van der Waals surface area contributed by atoms with E-state index in [0.29, 0.717) is 5.56 Å². The van der Waals surface area contributed by atoms with Crippen molar-refractivity contribution in [3.05, 3.63) is 82.4 Å². The van der Waals surface area contributed by atoms with Crippen LogP contribution in [0.2, 0.25) is 0 Å². The van der Waals surface area contributed by atoms with Crippen LogP contribution in [0, 0.1) is 10.1 Å². The Kier molecular flexibility index (Phi) is 4.46. The van der Waals surface area contributed by atoms with Crippen molar-refractivity contribution in [1.29, 1.82) is 0 Å². The van der Waals surface area contributed by atoms with E-state index >= 15 is 0 Å². The van der Waals surface area contributed by atoms with E-state index in [-0.39, 0.29) is 17.9 Å². The topological polar surface area (TPSA) is 69.4 Å². The standard InChI is InChI=1S/C16H13NO4/c1-12(14-8-5-9-15(10-14)17(19)20)16(18)21-11-13-6-3-2-4-7-13/h2-10H,1,11H2. The summed E-state index contributed by atoms with van der Waals surface area (Å²) in [6.45, 7) is 3.77. The average molecular weight is 283 g/mol. The smallest absolute Gasteiger partial charge is 0.338 e. The van der Waals surface area contributed by atoms with Gasteiger partial charge in [-0.15, -0.1) is 0 Å². The van der Waals surface area contributed by atoms with Crippen LogP contribution in [0.25, 0.3) is 5.57 Å². The second kappa shape index (κ2) is 6.47. The molecule has 0 aliphatic rings. The molecular formula is C16H13NO4. The SMILES string of the molecule is C=C(C(=O)OCc1ccccc1)c1cccc([N+](=O)[O-])c1. The molecule has 0 saturated heterocycles. The number of nitrogens with zero attached hydrogens (tertiary/aromatic N) is 1. The fourth-order valence-electron chi connectivity index (χ4n) is 1.74. The first-order chi connectivity index (χ1) is 10.1. The van der Waals surface area contributed by atoms with Crippen molar-refractivity contribution < 1.29 is 14.5 Å². The molecule has 0 saturated carbocycles. The van der Waals surface area contributed by atoms with Crippen molar-refractivity contribution in [2.24, 2.45) is 0 Å². The minimum atomic E-state index is -0.598. The molecule has 0 N–H and O–H groups in total. The Hall–Kier alpha value is -2.95. The number of nitro benzene ring substituents is 1. The zero-order chi connectivity index (χ0) is 15.2. The van der Waals surface area contributed by atoms with Crippen LogP contribution in [-0.2, 0) is 16.1 Å². The van der Waals surface area contributed by atoms with E-state index < -0.39 is 10.9 Å². The summed E-state index contributed by atoms with van der Waals surface area (Å²) in [6, 6.07) is 15.0. The van der Waals surface area contributed by atoms with Crippen LogP contribution in [0.1, 0.15) is 11.1 Å². The lowest BCUT2D eigenvalue weighted by Gasteiger charge is -2.07. The highest BCUT2D eigenvalue weighted by molar-refractivity contribution is 6.15. The zero-order valence-corrected chi connectivity index (χ0v) is 11.2. The molecule has 0 bridgehead atoms. The van der Waals surface area contributed by atoms with Gasteiger partial charge in [0.05, 0.1) is 10.5 Å². The highest BCUT2D eigenvalue weighted by Gasteiger charge is 2.14. The lowest BCUT2D eigenvalue weighted by Crippen LogP contribution is -2.06. The summed E-state index contributed by atoms with van der Waals surface area (Å²) in [5.74, 6) is -0.598. The number of non-ortho nitro benzene ring substituents is 1. The molecule has 0 fully saturated rings. The summed E-state index contributed by atoms with van der Waals surface area (Å²) in [5.41, 5.74) is 1.24. The Morgan fingerprint density at radius 1 is 1.14 bits per heavy atom. The molecule has 5 heteroatoms. The molecule has 0 spiro atoms. The number of carbonyl (C=O) groups is 1. The van der Waals surface area contributed by atoms with Crippen LogP contribution < -0.4 is 0 Å². The Balaban J connectivity index is 2.04. The largest absolute Gasteiger partial charge is 0.457 e. The molecule has 0 heterocycles. The molecule has 0 aliphatic carbocycles. The molecule has 0 atom stereocenters. The third kappa shape index (κ3) is 3.76. The van der Waals surface area contributed by atoms with Gasteiger partial charge in [0, 0.05) is 12.1 Å². The monoisotopic (exact) mass is 283 g/mol. The number of carbonyl (C=O) groups excluding carboxylic acids is 1.